The number of piperazine rings is 1. The van der Waals surface area contributed by atoms with E-state index in [4.69, 9.17) is 5.73 Å². The Bertz CT molecular complexity index is 201. The predicted molar refractivity (Wildman–Crippen MR) is 78.7 cm³/mol. The van der Waals surface area contributed by atoms with Gasteiger partial charge in [-0.2, -0.15) is 11.8 Å². The van der Waals surface area contributed by atoms with Crippen molar-refractivity contribution in [3.05, 3.63) is 0 Å². The van der Waals surface area contributed by atoms with Gasteiger partial charge in [-0.25, -0.2) is 0 Å². The van der Waals surface area contributed by atoms with Crippen molar-refractivity contribution in [1.82, 2.24) is 9.80 Å². The van der Waals surface area contributed by atoms with Crippen LogP contribution in [0.5, 0.6) is 0 Å². The Morgan fingerprint density at radius 3 is 2.71 bits per heavy atom. The molecule has 0 aromatic rings. The molecular formula is C13H29N3S. The van der Waals surface area contributed by atoms with Gasteiger partial charge in [-0.05, 0) is 38.3 Å². The van der Waals surface area contributed by atoms with Crippen LogP contribution in [0.3, 0.4) is 0 Å². The molecule has 0 aromatic carbocycles. The molecule has 4 heteroatoms. The molecule has 1 saturated heterocycles. The lowest BCUT2D eigenvalue weighted by atomic mass is 10.1. The van der Waals surface area contributed by atoms with Crippen molar-refractivity contribution in [1.29, 1.82) is 0 Å². The maximum absolute atomic E-state index is 5.94. The van der Waals surface area contributed by atoms with Gasteiger partial charge in [-0.3, -0.25) is 9.80 Å². The Morgan fingerprint density at radius 1 is 1.41 bits per heavy atom. The van der Waals surface area contributed by atoms with Gasteiger partial charge in [0, 0.05) is 38.3 Å². The lowest BCUT2D eigenvalue weighted by Crippen LogP contribution is -2.56. The molecule has 0 bridgehead atoms. The lowest BCUT2D eigenvalue weighted by Gasteiger charge is -2.42. The zero-order valence-corrected chi connectivity index (χ0v) is 12.5. The maximum Gasteiger partial charge on any atom is 0.0219 e. The van der Waals surface area contributed by atoms with Gasteiger partial charge in [0.15, 0.2) is 0 Å². The molecule has 2 N–H and O–H groups in total. The van der Waals surface area contributed by atoms with Crippen molar-refractivity contribution in [2.75, 3.05) is 44.7 Å². The van der Waals surface area contributed by atoms with E-state index in [2.05, 4.69) is 29.9 Å². The average molecular weight is 259 g/mol. The zero-order chi connectivity index (χ0) is 12.7. The molecule has 1 rings (SSSR count). The van der Waals surface area contributed by atoms with Crippen molar-refractivity contribution >= 4 is 11.8 Å². The van der Waals surface area contributed by atoms with Crippen LogP contribution in [0.2, 0.25) is 0 Å². The smallest absolute Gasteiger partial charge is 0.0219 e. The molecule has 1 aliphatic heterocycles. The van der Waals surface area contributed by atoms with Gasteiger partial charge in [0.2, 0.25) is 0 Å². The maximum atomic E-state index is 5.94. The SMILES string of the molecule is CCN1CCN(C(CN)CCCSC)CC1C. The van der Waals surface area contributed by atoms with Gasteiger partial charge in [0.05, 0.1) is 0 Å². The van der Waals surface area contributed by atoms with Crippen LogP contribution in [0.1, 0.15) is 26.7 Å². The van der Waals surface area contributed by atoms with Gasteiger partial charge < -0.3 is 5.73 Å². The van der Waals surface area contributed by atoms with Gasteiger partial charge >= 0.3 is 0 Å². The molecule has 102 valence electrons. The molecule has 0 saturated carbocycles. The highest BCUT2D eigenvalue weighted by molar-refractivity contribution is 7.98. The van der Waals surface area contributed by atoms with Crippen molar-refractivity contribution < 1.29 is 0 Å². The van der Waals surface area contributed by atoms with Crippen molar-refractivity contribution in [2.45, 2.75) is 38.8 Å². The summed E-state index contributed by atoms with van der Waals surface area (Å²) in [6, 6.07) is 1.28. The fraction of sp³-hybridized carbons (Fsp3) is 1.00. The number of thioether (sulfide) groups is 1. The highest BCUT2D eigenvalue weighted by Crippen LogP contribution is 2.15. The van der Waals surface area contributed by atoms with Crippen LogP contribution in [-0.2, 0) is 0 Å². The van der Waals surface area contributed by atoms with Crippen LogP contribution in [0.15, 0.2) is 0 Å². The Hall–Kier alpha value is 0.230. The summed E-state index contributed by atoms with van der Waals surface area (Å²) in [5.41, 5.74) is 5.94. The summed E-state index contributed by atoms with van der Waals surface area (Å²) in [6.45, 7) is 10.2. The van der Waals surface area contributed by atoms with E-state index in [1.54, 1.807) is 0 Å². The van der Waals surface area contributed by atoms with Crippen LogP contribution < -0.4 is 5.73 Å². The summed E-state index contributed by atoms with van der Waals surface area (Å²) >= 11 is 1.94. The summed E-state index contributed by atoms with van der Waals surface area (Å²) < 4.78 is 0. The largest absolute Gasteiger partial charge is 0.329 e. The second kappa shape index (κ2) is 8.35. The minimum atomic E-state index is 0.601. The summed E-state index contributed by atoms with van der Waals surface area (Å²) in [6.07, 6.45) is 4.74. The zero-order valence-electron chi connectivity index (χ0n) is 11.7. The number of nitrogens with two attached hydrogens (primary N) is 1. The second-order valence-electron chi connectivity index (χ2n) is 5.00. The highest BCUT2D eigenvalue weighted by atomic mass is 32.2. The summed E-state index contributed by atoms with van der Waals surface area (Å²) in [5.74, 6) is 1.26. The molecule has 1 aliphatic rings. The molecule has 2 unspecified atom stereocenters. The van der Waals surface area contributed by atoms with Gasteiger partial charge in [0.1, 0.15) is 0 Å². The third-order valence-corrected chi connectivity index (χ3v) is 4.57. The first kappa shape index (κ1) is 15.3. The van der Waals surface area contributed by atoms with Crippen LogP contribution in [0.25, 0.3) is 0 Å². The van der Waals surface area contributed by atoms with Gasteiger partial charge in [-0.1, -0.05) is 6.92 Å². The Kier molecular flexibility index (Phi) is 7.51. The van der Waals surface area contributed by atoms with E-state index in [-0.39, 0.29) is 0 Å². The fourth-order valence-electron chi connectivity index (χ4n) is 2.74. The molecule has 3 nitrogen and oxygen atoms in total. The number of likely N-dealkylation sites (N-methyl/N-ethyl adjacent to an activating group) is 1. The van der Waals surface area contributed by atoms with Gasteiger partial charge in [0.25, 0.3) is 0 Å². The van der Waals surface area contributed by atoms with Crippen LogP contribution in [-0.4, -0.2) is 66.6 Å². The first-order chi connectivity index (χ1) is 8.22. The molecule has 0 spiro atoms. The summed E-state index contributed by atoms with van der Waals surface area (Å²) in [4.78, 5) is 5.17. The molecule has 0 radical (unpaired) electrons. The first-order valence-corrected chi connectivity index (χ1v) is 8.29. The number of rotatable bonds is 7. The van der Waals surface area contributed by atoms with Crippen molar-refractivity contribution in [2.24, 2.45) is 5.73 Å². The van der Waals surface area contributed by atoms with E-state index < -0.39 is 0 Å². The highest BCUT2D eigenvalue weighted by Gasteiger charge is 2.26. The van der Waals surface area contributed by atoms with E-state index >= 15 is 0 Å². The number of nitrogens with zero attached hydrogens (tertiary/aromatic N) is 2. The third-order valence-electron chi connectivity index (χ3n) is 3.88. The molecular weight excluding hydrogens is 230 g/mol. The predicted octanol–water partition coefficient (Wildman–Crippen LogP) is 1.48. The molecule has 0 amide bonds. The fourth-order valence-corrected chi connectivity index (χ4v) is 3.19. The van der Waals surface area contributed by atoms with Crippen LogP contribution in [0, 0.1) is 0 Å². The number of hydrogen-bond donors (Lipinski definition) is 1. The number of hydrogen-bond acceptors (Lipinski definition) is 4. The molecule has 0 aliphatic carbocycles. The normalized spacial score (nSPS) is 25.1. The molecule has 1 fully saturated rings. The van der Waals surface area contributed by atoms with E-state index in [0.717, 1.165) is 6.54 Å². The Balaban J connectivity index is 2.37. The first-order valence-electron chi connectivity index (χ1n) is 6.90. The van der Waals surface area contributed by atoms with Gasteiger partial charge in [-0.15, -0.1) is 0 Å². The molecule has 2 atom stereocenters. The van der Waals surface area contributed by atoms with E-state index in [0.29, 0.717) is 12.1 Å². The summed E-state index contributed by atoms with van der Waals surface area (Å²) in [7, 11) is 0. The monoisotopic (exact) mass is 259 g/mol. The lowest BCUT2D eigenvalue weighted by molar-refractivity contribution is 0.0582. The van der Waals surface area contributed by atoms with Crippen molar-refractivity contribution in [3.63, 3.8) is 0 Å². The third kappa shape index (κ3) is 4.78. The van der Waals surface area contributed by atoms with E-state index in [1.165, 1.54) is 44.8 Å². The van der Waals surface area contributed by atoms with Crippen LogP contribution in [0.4, 0.5) is 0 Å². The quantitative estimate of drug-likeness (QED) is 0.702. The standard InChI is InChI=1S/C13H29N3S/c1-4-15-7-8-16(11-12(15)2)13(10-14)6-5-9-17-3/h12-13H,4-11,14H2,1-3H3. The molecule has 1 heterocycles. The van der Waals surface area contributed by atoms with E-state index in [1.807, 2.05) is 11.8 Å². The molecule has 0 aromatic heterocycles. The molecule has 17 heavy (non-hydrogen) atoms. The Labute approximate surface area is 111 Å². The second-order valence-corrected chi connectivity index (χ2v) is 5.98. The Morgan fingerprint density at radius 2 is 2.18 bits per heavy atom. The minimum absolute atomic E-state index is 0.601. The van der Waals surface area contributed by atoms with E-state index in [9.17, 15) is 0 Å². The topological polar surface area (TPSA) is 32.5 Å². The van der Waals surface area contributed by atoms with Crippen LogP contribution >= 0.6 is 11.8 Å². The summed E-state index contributed by atoms with van der Waals surface area (Å²) in [5, 5.41) is 0. The average Bonchev–Trinajstić information content (AvgIpc) is 2.35. The van der Waals surface area contributed by atoms with Crippen molar-refractivity contribution in [3.8, 4) is 0 Å². The minimum Gasteiger partial charge on any atom is -0.329 e.